The molecule has 110 valence electrons. The van der Waals surface area contributed by atoms with Crippen molar-refractivity contribution in [1.82, 2.24) is 10.6 Å². The first kappa shape index (κ1) is 15.5. The van der Waals surface area contributed by atoms with E-state index in [1.165, 1.54) is 5.56 Å². The molecule has 0 aliphatic rings. The van der Waals surface area contributed by atoms with Crippen molar-refractivity contribution in [3.8, 4) is 0 Å². The summed E-state index contributed by atoms with van der Waals surface area (Å²) in [5, 5.41) is 6.72. The number of amides is 1. The van der Waals surface area contributed by atoms with Crippen molar-refractivity contribution in [2.24, 2.45) is 0 Å². The molecular formula is C17H19ClN2O. The van der Waals surface area contributed by atoms with Crippen LogP contribution < -0.4 is 10.6 Å². The SMILES string of the molecule is O=C(CNCCc1ccccc1)NCc1ccc(Cl)cc1. The van der Waals surface area contributed by atoms with E-state index in [9.17, 15) is 4.79 Å². The van der Waals surface area contributed by atoms with Crippen LogP contribution in [0.4, 0.5) is 0 Å². The van der Waals surface area contributed by atoms with E-state index in [1.54, 1.807) is 0 Å². The molecule has 0 fully saturated rings. The van der Waals surface area contributed by atoms with Crippen LogP contribution in [0.25, 0.3) is 0 Å². The molecule has 0 spiro atoms. The molecule has 2 aromatic rings. The fourth-order valence-corrected chi connectivity index (χ4v) is 2.07. The van der Waals surface area contributed by atoms with E-state index in [-0.39, 0.29) is 5.91 Å². The number of benzene rings is 2. The highest BCUT2D eigenvalue weighted by Crippen LogP contribution is 2.08. The summed E-state index contributed by atoms with van der Waals surface area (Å²) in [7, 11) is 0. The quantitative estimate of drug-likeness (QED) is 0.772. The third kappa shape index (κ3) is 5.98. The van der Waals surface area contributed by atoms with Gasteiger partial charge in [-0.25, -0.2) is 0 Å². The molecule has 2 aromatic carbocycles. The molecule has 1 amide bonds. The Labute approximate surface area is 130 Å². The predicted octanol–water partition coefficient (Wildman–Crippen LogP) is 2.79. The minimum Gasteiger partial charge on any atom is -0.351 e. The summed E-state index contributed by atoms with van der Waals surface area (Å²) in [5.41, 5.74) is 2.31. The summed E-state index contributed by atoms with van der Waals surface area (Å²) >= 11 is 5.81. The molecule has 2 N–H and O–H groups in total. The molecule has 2 rings (SSSR count). The lowest BCUT2D eigenvalue weighted by Crippen LogP contribution is -2.34. The number of carbonyl (C=O) groups is 1. The van der Waals surface area contributed by atoms with E-state index in [2.05, 4.69) is 22.8 Å². The highest BCUT2D eigenvalue weighted by molar-refractivity contribution is 6.30. The first-order valence-corrected chi connectivity index (χ1v) is 7.37. The summed E-state index contributed by atoms with van der Waals surface area (Å²) in [6.07, 6.45) is 0.922. The topological polar surface area (TPSA) is 41.1 Å². The van der Waals surface area contributed by atoms with Gasteiger partial charge in [0.2, 0.25) is 5.91 Å². The maximum absolute atomic E-state index is 11.7. The fraction of sp³-hybridized carbons (Fsp3) is 0.235. The zero-order valence-corrected chi connectivity index (χ0v) is 12.6. The minimum atomic E-state index is -0.00184. The molecule has 21 heavy (non-hydrogen) atoms. The second-order valence-electron chi connectivity index (χ2n) is 4.82. The molecule has 4 heteroatoms. The van der Waals surface area contributed by atoms with Crippen LogP contribution in [-0.2, 0) is 17.8 Å². The molecule has 0 bridgehead atoms. The Morgan fingerprint density at radius 2 is 1.67 bits per heavy atom. The largest absolute Gasteiger partial charge is 0.351 e. The molecule has 3 nitrogen and oxygen atoms in total. The van der Waals surface area contributed by atoms with Gasteiger partial charge in [0.1, 0.15) is 0 Å². The van der Waals surface area contributed by atoms with Crippen molar-refractivity contribution in [3.05, 3.63) is 70.7 Å². The summed E-state index contributed by atoms with van der Waals surface area (Å²) < 4.78 is 0. The normalized spacial score (nSPS) is 10.3. The molecule has 0 radical (unpaired) electrons. The number of hydrogen-bond acceptors (Lipinski definition) is 2. The van der Waals surface area contributed by atoms with E-state index < -0.39 is 0 Å². The van der Waals surface area contributed by atoms with Crippen LogP contribution in [0.15, 0.2) is 54.6 Å². The van der Waals surface area contributed by atoms with Gasteiger partial charge in [0.25, 0.3) is 0 Å². The third-order valence-electron chi connectivity index (χ3n) is 3.12. The van der Waals surface area contributed by atoms with Crippen molar-refractivity contribution in [2.75, 3.05) is 13.1 Å². The monoisotopic (exact) mass is 302 g/mol. The van der Waals surface area contributed by atoms with Gasteiger partial charge in [0, 0.05) is 11.6 Å². The first-order chi connectivity index (χ1) is 10.2. The molecule has 0 aliphatic carbocycles. The average Bonchev–Trinajstić information content (AvgIpc) is 2.52. The van der Waals surface area contributed by atoms with Crippen LogP contribution in [0.3, 0.4) is 0 Å². The van der Waals surface area contributed by atoms with Crippen molar-refractivity contribution < 1.29 is 4.79 Å². The predicted molar refractivity (Wildman–Crippen MR) is 86.3 cm³/mol. The van der Waals surface area contributed by atoms with E-state index >= 15 is 0 Å². The lowest BCUT2D eigenvalue weighted by Gasteiger charge is -2.07. The smallest absolute Gasteiger partial charge is 0.234 e. The molecule has 0 unspecified atom stereocenters. The van der Waals surface area contributed by atoms with Crippen LogP contribution in [-0.4, -0.2) is 19.0 Å². The van der Waals surface area contributed by atoms with Gasteiger partial charge in [-0.2, -0.15) is 0 Å². The average molecular weight is 303 g/mol. The molecule has 0 saturated heterocycles. The van der Waals surface area contributed by atoms with Crippen molar-refractivity contribution in [2.45, 2.75) is 13.0 Å². The van der Waals surface area contributed by atoms with E-state index in [0.717, 1.165) is 18.5 Å². The standard InChI is InChI=1S/C17H19ClN2O/c18-16-8-6-15(7-9-16)12-20-17(21)13-19-11-10-14-4-2-1-3-5-14/h1-9,19H,10-13H2,(H,20,21). The molecule has 0 aliphatic heterocycles. The third-order valence-corrected chi connectivity index (χ3v) is 3.37. The van der Waals surface area contributed by atoms with E-state index in [0.29, 0.717) is 18.1 Å². The van der Waals surface area contributed by atoms with Gasteiger partial charge in [-0.15, -0.1) is 0 Å². The van der Waals surface area contributed by atoms with Crippen molar-refractivity contribution >= 4 is 17.5 Å². The number of hydrogen-bond donors (Lipinski definition) is 2. The van der Waals surface area contributed by atoms with Crippen LogP contribution in [0.1, 0.15) is 11.1 Å². The van der Waals surface area contributed by atoms with Gasteiger partial charge in [0.15, 0.2) is 0 Å². The Kier molecular flexibility index (Phi) is 6.25. The number of rotatable bonds is 7. The van der Waals surface area contributed by atoms with E-state index in [1.807, 2.05) is 42.5 Å². The van der Waals surface area contributed by atoms with E-state index in [4.69, 9.17) is 11.6 Å². The van der Waals surface area contributed by atoms with Crippen LogP contribution in [0.2, 0.25) is 5.02 Å². The number of halogens is 1. The Morgan fingerprint density at radius 3 is 2.38 bits per heavy atom. The minimum absolute atomic E-state index is 0.00184. The van der Waals surface area contributed by atoms with Gasteiger partial charge in [-0.3, -0.25) is 4.79 Å². The second-order valence-corrected chi connectivity index (χ2v) is 5.25. The number of carbonyl (C=O) groups excluding carboxylic acids is 1. The fourth-order valence-electron chi connectivity index (χ4n) is 1.94. The zero-order valence-electron chi connectivity index (χ0n) is 11.8. The highest BCUT2D eigenvalue weighted by atomic mass is 35.5. The molecular weight excluding hydrogens is 284 g/mol. The van der Waals surface area contributed by atoms with Crippen molar-refractivity contribution in [3.63, 3.8) is 0 Å². The van der Waals surface area contributed by atoms with Crippen LogP contribution in [0.5, 0.6) is 0 Å². The van der Waals surface area contributed by atoms with Gasteiger partial charge in [-0.1, -0.05) is 54.1 Å². The molecule has 0 atom stereocenters. The van der Waals surface area contributed by atoms with Gasteiger partial charge in [0.05, 0.1) is 6.54 Å². The summed E-state index contributed by atoms with van der Waals surface area (Å²) in [4.78, 5) is 11.7. The Hall–Kier alpha value is -1.84. The molecule has 0 aromatic heterocycles. The first-order valence-electron chi connectivity index (χ1n) is 7.00. The van der Waals surface area contributed by atoms with Crippen LogP contribution in [0, 0.1) is 0 Å². The zero-order chi connectivity index (χ0) is 14.9. The van der Waals surface area contributed by atoms with Gasteiger partial charge in [-0.05, 0) is 36.2 Å². The maximum atomic E-state index is 11.7. The summed E-state index contributed by atoms with van der Waals surface area (Å²) in [6, 6.07) is 17.7. The van der Waals surface area contributed by atoms with Gasteiger partial charge < -0.3 is 10.6 Å². The molecule has 0 heterocycles. The molecule has 0 saturated carbocycles. The summed E-state index contributed by atoms with van der Waals surface area (Å²) in [5.74, 6) is -0.00184. The lowest BCUT2D eigenvalue weighted by molar-refractivity contribution is -0.120. The van der Waals surface area contributed by atoms with Crippen molar-refractivity contribution in [1.29, 1.82) is 0 Å². The second kappa shape index (κ2) is 8.45. The van der Waals surface area contributed by atoms with Gasteiger partial charge >= 0.3 is 0 Å². The lowest BCUT2D eigenvalue weighted by atomic mass is 10.1. The number of nitrogens with one attached hydrogen (secondary N) is 2. The highest BCUT2D eigenvalue weighted by Gasteiger charge is 2.01. The maximum Gasteiger partial charge on any atom is 0.234 e. The summed E-state index contributed by atoms with van der Waals surface area (Å²) in [6.45, 7) is 1.65. The Bertz CT molecular complexity index is 555. The Balaban J connectivity index is 1.60. The van der Waals surface area contributed by atoms with Crippen LogP contribution >= 0.6 is 11.6 Å². The Morgan fingerprint density at radius 1 is 0.952 bits per heavy atom.